The monoisotopic (exact) mass is 494 g/mol. The highest BCUT2D eigenvalue weighted by Gasteiger charge is 2.46. The second kappa shape index (κ2) is 9.93. The Morgan fingerprint density at radius 1 is 1.31 bits per heavy atom. The van der Waals surface area contributed by atoms with E-state index in [9.17, 15) is 29.4 Å². The number of nitrogens with one attached hydrogen (secondary N) is 2. The van der Waals surface area contributed by atoms with Gasteiger partial charge in [0.25, 0.3) is 5.91 Å². The zero-order chi connectivity index (χ0) is 23.6. The van der Waals surface area contributed by atoms with E-state index in [1.165, 1.54) is 10.9 Å². The van der Waals surface area contributed by atoms with Crippen LogP contribution in [-0.2, 0) is 18.8 Å². The third-order valence-electron chi connectivity index (χ3n) is 4.65. The number of anilines is 1. The van der Waals surface area contributed by atoms with Crippen LogP contribution in [0.2, 0.25) is 5.28 Å². The number of likely N-dealkylation sites (N-methyl/N-ethyl adjacent to an activating group) is 1. The molecule has 0 unspecified atom stereocenters. The number of aliphatic hydroxyl groups is 2. The largest absolute Gasteiger partial charge is 0.387 e. The van der Waals surface area contributed by atoms with E-state index in [-0.39, 0.29) is 17.5 Å². The highest BCUT2D eigenvalue weighted by Crippen LogP contribution is 2.42. The number of hydrogen-bond acceptors (Lipinski definition) is 10. The Kier molecular flexibility index (Phi) is 7.68. The van der Waals surface area contributed by atoms with Gasteiger partial charge in [-0.2, -0.15) is 9.97 Å². The molecule has 16 heteroatoms. The number of carbonyl (C=O) groups excluding carboxylic acids is 1. The summed E-state index contributed by atoms with van der Waals surface area (Å²) < 4.78 is 23.7. The first-order valence-corrected chi connectivity index (χ1v) is 11.7. The molecule has 32 heavy (non-hydrogen) atoms. The van der Waals surface area contributed by atoms with Crippen molar-refractivity contribution in [2.75, 3.05) is 25.0 Å². The highest BCUT2D eigenvalue weighted by molar-refractivity contribution is 7.53. The van der Waals surface area contributed by atoms with Crippen LogP contribution in [0.5, 0.6) is 0 Å². The van der Waals surface area contributed by atoms with E-state index in [4.69, 9.17) is 21.1 Å². The van der Waals surface area contributed by atoms with Crippen molar-refractivity contribution < 1.29 is 38.8 Å². The van der Waals surface area contributed by atoms with Crippen LogP contribution in [0.4, 0.5) is 5.82 Å². The summed E-state index contributed by atoms with van der Waals surface area (Å²) >= 11 is 5.98. The maximum atomic E-state index is 11.9. The van der Waals surface area contributed by atoms with Gasteiger partial charge in [-0.25, -0.2) is 4.98 Å². The highest BCUT2D eigenvalue weighted by atomic mass is 35.5. The molecule has 2 aromatic rings. The van der Waals surface area contributed by atoms with Gasteiger partial charge in [0.2, 0.25) is 11.1 Å². The molecule has 0 aromatic carbocycles. The van der Waals surface area contributed by atoms with Crippen LogP contribution in [-0.4, -0.2) is 89.3 Å². The second-order valence-corrected chi connectivity index (χ2v) is 8.90. The minimum atomic E-state index is -4.95. The van der Waals surface area contributed by atoms with Gasteiger partial charge in [-0.1, -0.05) is 0 Å². The molecule has 14 nitrogen and oxygen atoms in total. The quantitative estimate of drug-likeness (QED) is 0.187. The van der Waals surface area contributed by atoms with Gasteiger partial charge in [0, 0.05) is 13.1 Å². The fraction of sp³-hybridized carbons (Fsp3) is 0.625. The Morgan fingerprint density at radius 3 is 2.66 bits per heavy atom. The maximum absolute atomic E-state index is 11.9. The van der Waals surface area contributed by atoms with Gasteiger partial charge < -0.3 is 40.1 Å². The summed E-state index contributed by atoms with van der Waals surface area (Å²) in [5, 5.41) is 26.1. The molecule has 0 bridgehead atoms. The number of nitrogens with zero attached hydrogens (tertiary/aromatic N) is 4. The molecule has 3 heterocycles. The third-order valence-corrected chi connectivity index (χ3v) is 5.81. The van der Waals surface area contributed by atoms with E-state index < -0.39 is 50.5 Å². The van der Waals surface area contributed by atoms with Gasteiger partial charge in [-0.3, -0.25) is 13.9 Å². The maximum Gasteiger partial charge on any atom is 0.363 e. The molecule has 1 aliphatic heterocycles. The fourth-order valence-electron chi connectivity index (χ4n) is 3.24. The first kappa shape index (κ1) is 24.7. The summed E-state index contributed by atoms with van der Waals surface area (Å²) in [5.41, 5.74) is 0.591. The van der Waals surface area contributed by atoms with Crippen LogP contribution in [0.3, 0.4) is 0 Å². The number of aliphatic hydroxyl groups excluding tert-OH is 2. The molecule has 2 aromatic heterocycles. The number of ether oxygens (including phenoxy) is 2. The predicted molar refractivity (Wildman–Crippen MR) is 111 cm³/mol. The molecule has 1 saturated heterocycles. The number of amides is 1. The molecule has 6 N–H and O–H groups in total. The van der Waals surface area contributed by atoms with E-state index in [1.54, 1.807) is 6.92 Å². The van der Waals surface area contributed by atoms with Crippen molar-refractivity contribution >= 4 is 42.1 Å². The Hall–Kier alpha value is -1.90. The molecule has 0 saturated carbocycles. The molecular formula is C16H24ClN6O8P. The molecule has 0 aliphatic carbocycles. The van der Waals surface area contributed by atoms with Gasteiger partial charge in [0.1, 0.15) is 18.3 Å². The van der Waals surface area contributed by atoms with Gasteiger partial charge in [-0.15, -0.1) is 0 Å². The van der Waals surface area contributed by atoms with Gasteiger partial charge >= 0.3 is 7.60 Å². The lowest BCUT2D eigenvalue weighted by Crippen LogP contribution is -2.40. The zero-order valence-electron chi connectivity index (χ0n) is 17.1. The van der Waals surface area contributed by atoms with Gasteiger partial charge in [0.15, 0.2) is 23.2 Å². The van der Waals surface area contributed by atoms with Crippen molar-refractivity contribution in [2.24, 2.45) is 0 Å². The smallest absolute Gasteiger partial charge is 0.363 e. The molecule has 3 rings (SSSR count). The molecule has 1 fully saturated rings. The number of hydrogen-bond donors (Lipinski definition) is 6. The average molecular weight is 495 g/mol. The minimum absolute atomic E-state index is 0.0745. The van der Waals surface area contributed by atoms with E-state index >= 15 is 0 Å². The first-order chi connectivity index (χ1) is 15.1. The summed E-state index contributed by atoms with van der Waals surface area (Å²) in [7, 11) is -4.95. The Morgan fingerprint density at radius 2 is 2.03 bits per heavy atom. The molecule has 178 valence electrons. The Labute approximate surface area is 187 Å². The normalized spacial score (nSPS) is 24.6. The number of carbonyl (C=O) groups is 1. The zero-order valence-corrected chi connectivity index (χ0v) is 18.8. The lowest BCUT2D eigenvalue weighted by molar-refractivity contribution is -0.132. The summed E-state index contributed by atoms with van der Waals surface area (Å²) in [4.78, 5) is 43.1. The van der Waals surface area contributed by atoms with E-state index in [2.05, 4.69) is 25.6 Å². The van der Waals surface area contributed by atoms with Crippen LogP contribution in [0.1, 0.15) is 20.1 Å². The Bertz CT molecular complexity index is 1020. The van der Waals surface area contributed by atoms with Crippen molar-refractivity contribution in [2.45, 2.75) is 44.2 Å². The summed E-state index contributed by atoms with van der Waals surface area (Å²) in [6.45, 7) is 3.53. The number of fused-ring (bicyclic) bond motifs is 1. The van der Waals surface area contributed by atoms with Crippen LogP contribution in [0.15, 0.2) is 6.33 Å². The number of imidazole rings is 1. The van der Waals surface area contributed by atoms with E-state index in [1.807, 2.05) is 6.92 Å². The van der Waals surface area contributed by atoms with Crippen LogP contribution >= 0.6 is 19.2 Å². The lowest BCUT2D eigenvalue weighted by Gasteiger charge is -2.21. The van der Waals surface area contributed by atoms with E-state index in [0.29, 0.717) is 17.9 Å². The number of halogens is 1. The van der Waals surface area contributed by atoms with E-state index in [0.717, 1.165) is 0 Å². The molecule has 1 aliphatic rings. The second-order valence-electron chi connectivity index (χ2n) is 6.91. The van der Waals surface area contributed by atoms with Gasteiger partial charge in [-0.05, 0) is 25.4 Å². The summed E-state index contributed by atoms with van der Waals surface area (Å²) in [6, 6.07) is 0. The molecule has 5 atom stereocenters. The van der Waals surface area contributed by atoms with Gasteiger partial charge in [0.05, 0.1) is 12.9 Å². The molecule has 0 spiro atoms. The van der Waals surface area contributed by atoms with Crippen LogP contribution < -0.4 is 10.6 Å². The SMILES string of the molecule is CCNC(=O)[C@H](OC[C@H]1O[C@@H](n2cnc3c(NCC)nc(Cl)nc32)[C@H](O)[C@@H]1O)P(=O)(O)O. The third kappa shape index (κ3) is 5.02. The van der Waals surface area contributed by atoms with Crippen molar-refractivity contribution in [3.63, 3.8) is 0 Å². The van der Waals surface area contributed by atoms with Crippen molar-refractivity contribution in [3.8, 4) is 0 Å². The predicted octanol–water partition coefficient (Wildman–Crippen LogP) is -0.813. The van der Waals surface area contributed by atoms with Crippen molar-refractivity contribution in [1.29, 1.82) is 0 Å². The Balaban J connectivity index is 1.81. The van der Waals surface area contributed by atoms with Crippen molar-refractivity contribution in [1.82, 2.24) is 24.8 Å². The number of rotatable bonds is 9. The van der Waals surface area contributed by atoms with Crippen molar-refractivity contribution in [3.05, 3.63) is 11.6 Å². The van der Waals surface area contributed by atoms with Crippen LogP contribution in [0.25, 0.3) is 11.2 Å². The average Bonchev–Trinajstić information content (AvgIpc) is 3.23. The summed E-state index contributed by atoms with van der Waals surface area (Å²) in [5.74, 6) is -2.72. The molecular weight excluding hydrogens is 471 g/mol. The summed E-state index contributed by atoms with van der Waals surface area (Å²) in [6.07, 6.45) is -4.00. The fourth-order valence-corrected chi connectivity index (χ4v) is 4.08. The minimum Gasteiger partial charge on any atom is -0.387 e. The van der Waals surface area contributed by atoms with Crippen LogP contribution in [0, 0.1) is 0 Å². The topological polar surface area (TPSA) is 201 Å². The molecule has 1 amide bonds. The lowest BCUT2D eigenvalue weighted by atomic mass is 10.1. The standard InChI is InChI=1S/C16H24ClN6O8P/c1-3-18-11-8-12(22-16(17)21-11)23(6-20-8)14-10(25)9(24)7(31-14)5-30-15(32(27,28)29)13(26)19-4-2/h6-7,9-10,14-15,24-25H,3-5H2,1-2H3,(H,19,26)(H,18,21,22)(H2,27,28,29)/t7-,9-,10-,14-,15-/m1/s1. The first-order valence-electron chi connectivity index (χ1n) is 9.68. The molecule has 0 radical (unpaired) electrons. The number of aromatic nitrogens is 4.